The molecular weight excluding hydrogens is 376 g/mol. The molecule has 2 rings (SSSR count). The summed E-state index contributed by atoms with van der Waals surface area (Å²) >= 11 is 0. The number of hydrogen-bond donors (Lipinski definition) is 0. The molecule has 0 amide bonds. The minimum absolute atomic E-state index is 0.687. The van der Waals surface area contributed by atoms with Crippen molar-refractivity contribution in [1.82, 2.24) is 9.97 Å². The number of rotatable bonds is 16. The second kappa shape index (κ2) is 15.4. The molecule has 5 nitrogen and oxygen atoms in total. The van der Waals surface area contributed by atoms with Gasteiger partial charge in [0.15, 0.2) is 11.6 Å². The molecule has 0 saturated heterocycles. The number of aromatic nitrogens is 2. The molecule has 0 spiro atoms. The molecule has 1 aromatic heterocycles. The van der Waals surface area contributed by atoms with Crippen LogP contribution in [0.15, 0.2) is 48.8 Å². The van der Waals surface area contributed by atoms with Crippen LogP contribution >= 0.6 is 0 Å². The maximum absolute atomic E-state index is 5.79. The maximum atomic E-state index is 5.79. The Morgan fingerprint density at radius 2 is 1.40 bits per heavy atom. The van der Waals surface area contributed by atoms with Gasteiger partial charge in [-0.25, -0.2) is 9.97 Å². The molecule has 1 heterocycles. The molecule has 0 fully saturated rings. The summed E-state index contributed by atoms with van der Waals surface area (Å²) in [6.45, 7) is 7.32. The van der Waals surface area contributed by atoms with Gasteiger partial charge < -0.3 is 14.2 Å². The molecule has 0 aliphatic heterocycles. The average molecular weight is 413 g/mol. The fraction of sp³-hybridized carbons (Fsp3) is 0.520. The minimum atomic E-state index is 0.687. The molecule has 0 atom stereocenters. The highest BCUT2D eigenvalue weighted by Crippen LogP contribution is 2.20. The van der Waals surface area contributed by atoms with Crippen molar-refractivity contribution in [2.45, 2.75) is 58.8 Å². The topological polar surface area (TPSA) is 53.5 Å². The van der Waals surface area contributed by atoms with Crippen molar-refractivity contribution in [2.75, 3.05) is 26.4 Å². The molecule has 0 unspecified atom stereocenters. The first-order valence-corrected chi connectivity index (χ1v) is 11.2. The summed E-state index contributed by atoms with van der Waals surface area (Å²) in [4.78, 5) is 8.85. The maximum Gasteiger partial charge on any atom is 0.159 e. The van der Waals surface area contributed by atoms with Crippen LogP contribution in [0.2, 0.25) is 0 Å². The highest BCUT2D eigenvalue weighted by Gasteiger charge is 2.03. The Morgan fingerprint density at radius 1 is 0.733 bits per heavy atom. The first-order chi connectivity index (χ1) is 14.8. The molecule has 0 N–H and O–H groups in total. The lowest BCUT2D eigenvalue weighted by Crippen LogP contribution is -2.01. The summed E-state index contributed by atoms with van der Waals surface area (Å²) < 4.78 is 17.0. The third-order valence-electron chi connectivity index (χ3n) is 4.48. The summed E-state index contributed by atoms with van der Waals surface area (Å²) in [7, 11) is 0. The van der Waals surface area contributed by atoms with Gasteiger partial charge >= 0.3 is 0 Å². The van der Waals surface area contributed by atoms with Gasteiger partial charge in [0.1, 0.15) is 5.75 Å². The molecule has 0 saturated carbocycles. The third kappa shape index (κ3) is 9.88. The highest BCUT2D eigenvalue weighted by atomic mass is 16.5. The molecule has 0 aliphatic rings. The summed E-state index contributed by atoms with van der Waals surface area (Å²) in [6, 6.07) is 7.89. The zero-order chi connectivity index (χ0) is 21.3. The second-order valence-corrected chi connectivity index (χ2v) is 7.16. The molecule has 164 valence electrons. The van der Waals surface area contributed by atoms with Crippen LogP contribution in [0.25, 0.3) is 11.4 Å². The Balaban J connectivity index is 1.67. The summed E-state index contributed by atoms with van der Waals surface area (Å²) in [5.74, 6) is 2.26. The van der Waals surface area contributed by atoms with E-state index in [1.165, 1.54) is 0 Å². The molecule has 1 aromatic carbocycles. The van der Waals surface area contributed by atoms with Gasteiger partial charge in [-0.3, -0.25) is 0 Å². The van der Waals surface area contributed by atoms with Crippen LogP contribution < -0.4 is 9.47 Å². The Labute approximate surface area is 181 Å². The van der Waals surface area contributed by atoms with E-state index in [-0.39, 0.29) is 0 Å². The minimum Gasteiger partial charge on any atom is -0.494 e. The molecule has 0 aliphatic carbocycles. The molecule has 0 radical (unpaired) electrons. The highest BCUT2D eigenvalue weighted by molar-refractivity contribution is 5.56. The second-order valence-electron chi connectivity index (χ2n) is 7.16. The number of benzene rings is 1. The van der Waals surface area contributed by atoms with Gasteiger partial charge in [0, 0.05) is 18.8 Å². The smallest absolute Gasteiger partial charge is 0.159 e. The van der Waals surface area contributed by atoms with Crippen LogP contribution in [0.4, 0.5) is 0 Å². The van der Waals surface area contributed by atoms with E-state index in [0.717, 1.165) is 69.5 Å². The summed E-state index contributed by atoms with van der Waals surface area (Å²) in [5, 5.41) is 0. The Kier molecular flexibility index (Phi) is 12.3. The number of allylic oxidation sites excluding steroid dienone is 2. The molecule has 5 heteroatoms. The predicted octanol–water partition coefficient (Wildman–Crippen LogP) is 6.24. The lowest BCUT2D eigenvalue weighted by Gasteiger charge is -2.08. The van der Waals surface area contributed by atoms with E-state index >= 15 is 0 Å². The van der Waals surface area contributed by atoms with Gasteiger partial charge in [0.25, 0.3) is 0 Å². The van der Waals surface area contributed by atoms with Crippen molar-refractivity contribution in [3.8, 4) is 22.9 Å². The Hall–Kier alpha value is -2.40. The summed E-state index contributed by atoms with van der Waals surface area (Å²) in [6.07, 6.45) is 15.4. The molecule has 2 aromatic rings. The van der Waals surface area contributed by atoms with Gasteiger partial charge in [-0.05, 0) is 69.2 Å². The normalized spacial score (nSPS) is 11.1. The average Bonchev–Trinajstić information content (AvgIpc) is 2.79. The van der Waals surface area contributed by atoms with E-state index in [1.807, 2.05) is 24.3 Å². The van der Waals surface area contributed by atoms with Crippen LogP contribution in [0.5, 0.6) is 11.5 Å². The lowest BCUT2D eigenvalue weighted by atomic mass is 10.2. The van der Waals surface area contributed by atoms with E-state index < -0.39 is 0 Å². The van der Waals surface area contributed by atoms with Crippen molar-refractivity contribution in [1.29, 1.82) is 0 Å². The van der Waals surface area contributed by atoms with Crippen LogP contribution in [0.1, 0.15) is 58.8 Å². The summed E-state index contributed by atoms with van der Waals surface area (Å²) in [5.41, 5.74) is 0.963. The van der Waals surface area contributed by atoms with E-state index in [2.05, 4.69) is 36.0 Å². The zero-order valence-electron chi connectivity index (χ0n) is 18.5. The van der Waals surface area contributed by atoms with Crippen molar-refractivity contribution in [3.05, 3.63) is 48.8 Å². The van der Waals surface area contributed by atoms with Crippen molar-refractivity contribution in [3.63, 3.8) is 0 Å². The van der Waals surface area contributed by atoms with Crippen LogP contribution in [-0.4, -0.2) is 36.4 Å². The number of nitrogens with zero attached hydrogens (tertiary/aromatic N) is 2. The third-order valence-corrected chi connectivity index (χ3v) is 4.48. The van der Waals surface area contributed by atoms with Crippen molar-refractivity contribution in [2.24, 2.45) is 0 Å². The largest absolute Gasteiger partial charge is 0.494 e. The van der Waals surface area contributed by atoms with Gasteiger partial charge in [0.2, 0.25) is 0 Å². The number of hydrogen-bond acceptors (Lipinski definition) is 5. The van der Waals surface area contributed by atoms with Crippen molar-refractivity contribution < 1.29 is 14.2 Å². The van der Waals surface area contributed by atoms with E-state index in [9.17, 15) is 0 Å². The quantitative estimate of drug-likeness (QED) is 0.241. The molecule has 0 bridgehead atoms. The van der Waals surface area contributed by atoms with Crippen molar-refractivity contribution >= 4 is 0 Å². The van der Waals surface area contributed by atoms with Gasteiger partial charge in [-0.1, -0.05) is 26.0 Å². The van der Waals surface area contributed by atoms with Crippen LogP contribution in [-0.2, 0) is 4.74 Å². The zero-order valence-corrected chi connectivity index (χ0v) is 18.5. The Morgan fingerprint density at radius 3 is 2.10 bits per heavy atom. The molecular formula is C25H36N2O3. The van der Waals surface area contributed by atoms with Gasteiger partial charge in [-0.2, -0.15) is 0 Å². The van der Waals surface area contributed by atoms with Crippen LogP contribution in [0.3, 0.4) is 0 Å². The predicted molar refractivity (Wildman–Crippen MR) is 122 cm³/mol. The first-order valence-electron chi connectivity index (χ1n) is 11.2. The standard InChI is InChI=1S/C25H36N2O3/c1-3-5-6-7-8-9-18-30-24-20-26-25(27-21-24)22-12-14-23(15-13-22)29-19-11-10-17-28-16-4-2/h5-6,12-15,20-21H,3-4,7-11,16-19H2,1-2H3. The first kappa shape index (κ1) is 23.9. The fourth-order valence-electron chi connectivity index (χ4n) is 2.82. The number of unbranched alkanes of at least 4 members (excludes halogenated alkanes) is 3. The van der Waals surface area contributed by atoms with E-state index in [1.54, 1.807) is 12.4 Å². The monoisotopic (exact) mass is 412 g/mol. The van der Waals surface area contributed by atoms with Gasteiger partial charge in [-0.15, -0.1) is 0 Å². The lowest BCUT2D eigenvalue weighted by molar-refractivity contribution is 0.127. The van der Waals surface area contributed by atoms with E-state index in [0.29, 0.717) is 24.8 Å². The molecule has 30 heavy (non-hydrogen) atoms. The van der Waals surface area contributed by atoms with Gasteiger partial charge in [0.05, 0.1) is 25.6 Å². The SMILES string of the molecule is CCC=CCCCCOc1cnc(-c2ccc(OCCCCOCCC)cc2)nc1. The fourth-order valence-corrected chi connectivity index (χ4v) is 2.82. The Bertz CT molecular complexity index is 699. The number of ether oxygens (including phenoxy) is 3. The van der Waals surface area contributed by atoms with Crippen LogP contribution in [0, 0.1) is 0 Å². The van der Waals surface area contributed by atoms with E-state index in [4.69, 9.17) is 14.2 Å².